The maximum Gasteiger partial charge on any atom is 0.244 e. The van der Waals surface area contributed by atoms with Crippen molar-refractivity contribution in [2.75, 3.05) is 23.7 Å². The molecule has 1 atom stereocenters. The molecule has 0 spiro atoms. The minimum atomic E-state index is -3.88. The van der Waals surface area contributed by atoms with Crippen LogP contribution in [0.15, 0.2) is 72.8 Å². The number of amides is 2. The van der Waals surface area contributed by atoms with Crippen molar-refractivity contribution in [2.45, 2.75) is 25.9 Å². The maximum absolute atomic E-state index is 13.9. The Labute approximate surface area is 238 Å². The molecule has 0 aliphatic carbocycles. The van der Waals surface area contributed by atoms with Gasteiger partial charge in [-0.05, 0) is 48.4 Å². The Morgan fingerprint density at radius 3 is 2.21 bits per heavy atom. The number of hydrogen-bond acceptors (Lipinski definition) is 4. The van der Waals surface area contributed by atoms with Gasteiger partial charge in [0.05, 0.1) is 22.0 Å². The minimum Gasteiger partial charge on any atom is -0.355 e. The molecule has 11 heteroatoms. The fourth-order valence-electron chi connectivity index (χ4n) is 3.93. The molecule has 7 nitrogen and oxygen atoms in total. The van der Waals surface area contributed by atoms with Gasteiger partial charge in [-0.2, -0.15) is 0 Å². The van der Waals surface area contributed by atoms with E-state index in [1.54, 1.807) is 43.3 Å². The highest BCUT2D eigenvalue weighted by Crippen LogP contribution is 2.26. The summed E-state index contributed by atoms with van der Waals surface area (Å²) in [6.45, 7) is 1.60. The molecule has 3 rings (SSSR count). The number of rotatable bonds is 11. The Hall–Kier alpha value is -2.78. The molecule has 0 aromatic heterocycles. The SMILES string of the molecule is CCNC(=O)[C@H](Cc1ccccc1)N(Cc1ccc(Cl)c(Cl)c1)C(=O)CN(c1cccc(Cl)c1)S(C)(=O)=O. The van der Waals surface area contributed by atoms with Gasteiger partial charge in [-0.3, -0.25) is 13.9 Å². The second-order valence-corrected chi connectivity index (χ2v) is 11.8. The zero-order valence-electron chi connectivity index (χ0n) is 20.9. The van der Waals surface area contributed by atoms with Crippen molar-refractivity contribution in [1.29, 1.82) is 0 Å². The van der Waals surface area contributed by atoms with E-state index < -0.39 is 28.5 Å². The average molecular weight is 597 g/mol. The van der Waals surface area contributed by atoms with Crippen LogP contribution < -0.4 is 9.62 Å². The fraction of sp³-hybridized carbons (Fsp3) is 0.259. The number of sulfonamides is 1. The van der Waals surface area contributed by atoms with Gasteiger partial charge >= 0.3 is 0 Å². The molecule has 0 heterocycles. The normalized spacial score (nSPS) is 12.0. The first-order valence-corrected chi connectivity index (χ1v) is 14.8. The quantitative estimate of drug-likeness (QED) is 0.330. The van der Waals surface area contributed by atoms with Crippen molar-refractivity contribution >= 4 is 62.3 Å². The van der Waals surface area contributed by atoms with Crippen LogP contribution in [0.5, 0.6) is 0 Å². The van der Waals surface area contributed by atoms with Crippen molar-refractivity contribution < 1.29 is 18.0 Å². The highest BCUT2D eigenvalue weighted by molar-refractivity contribution is 7.92. The molecule has 202 valence electrons. The first-order chi connectivity index (χ1) is 18.0. The number of benzene rings is 3. The number of likely N-dealkylation sites (N-methyl/N-ethyl adjacent to an activating group) is 1. The summed E-state index contributed by atoms with van der Waals surface area (Å²) < 4.78 is 26.5. The monoisotopic (exact) mass is 595 g/mol. The third kappa shape index (κ3) is 8.11. The summed E-state index contributed by atoms with van der Waals surface area (Å²) in [7, 11) is -3.88. The number of nitrogens with one attached hydrogen (secondary N) is 1. The van der Waals surface area contributed by atoms with E-state index in [1.807, 2.05) is 30.3 Å². The van der Waals surface area contributed by atoms with Gasteiger partial charge in [0.2, 0.25) is 21.8 Å². The second-order valence-electron chi connectivity index (χ2n) is 8.62. The van der Waals surface area contributed by atoms with Crippen LogP contribution in [0.4, 0.5) is 5.69 Å². The van der Waals surface area contributed by atoms with Gasteiger partial charge in [0.15, 0.2) is 0 Å². The van der Waals surface area contributed by atoms with E-state index in [-0.39, 0.29) is 24.6 Å². The molecule has 0 saturated carbocycles. The van der Waals surface area contributed by atoms with Crippen LogP contribution in [0.3, 0.4) is 0 Å². The van der Waals surface area contributed by atoms with Crippen LogP contribution in [0.25, 0.3) is 0 Å². The van der Waals surface area contributed by atoms with Gasteiger partial charge in [0.25, 0.3) is 0 Å². The van der Waals surface area contributed by atoms with Gasteiger partial charge in [-0.15, -0.1) is 0 Å². The van der Waals surface area contributed by atoms with Crippen LogP contribution in [0.1, 0.15) is 18.1 Å². The van der Waals surface area contributed by atoms with E-state index in [0.29, 0.717) is 27.2 Å². The number of halogens is 3. The number of anilines is 1. The van der Waals surface area contributed by atoms with Crippen LogP contribution in [-0.2, 0) is 32.6 Å². The zero-order chi connectivity index (χ0) is 27.9. The molecular formula is C27H28Cl3N3O4S. The van der Waals surface area contributed by atoms with Gasteiger partial charge in [-0.1, -0.05) is 77.3 Å². The maximum atomic E-state index is 13.9. The van der Waals surface area contributed by atoms with E-state index in [4.69, 9.17) is 34.8 Å². The summed E-state index contributed by atoms with van der Waals surface area (Å²) in [4.78, 5) is 28.6. The first-order valence-electron chi connectivity index (χ1n) is 11.8. The molecule has 3 aromatic rings. The molecule has 3 aromatic carbocycles. The van der Waals surface area contributed by atoms with Crippen molar-refractivity contribution in [3.8, 4) is 0 Å². The minimum absolute atomic E-state index is 0.00248. The number of carbonyl (C=O) groups is 2. The van der Waals surface area contributed by atoms with Crippen LogP contribution >= 0.6 is 34.8 Å². The number of carbonyl (C=O) groups excluding carboxylic acids is 2. The topological polar surface area (TPSA) is 86.8 Å². The van der Waals surface area contributed by atoms with Crippen LogP contribution in [-0.4, -0.2) is 50.5 Å². The molecule has 0 aliphatic rings. The lowest BCUT2D eigenvalue weighted by atomic mass is 10.0. The zero-order valence-corrected chi connectivity index (χ0v) is 24.0. The molecule has 0 aliphatic heterocycles. The van der Waals surface area contributed by atoms with Gasteiger partial charge in [0.1, 0.15) is 12.6 Å². The third-order valence-corrected chi connectivity index (χ3v) is 7.85. The van der Waals surface area contributed by atoms with Crippen molar-refractivity contribution in [3.05, 3.63) is 99.0 Å². The standard InChI is InChI=1S/C27H28Cl3N3O4S/c1-3-31-27(35)25(15-19-8-5-4-6-9-19)32(17-20-12-13-23(29)24(30)14-20)26(34)18-33(38(2,36)37)22-11-7-10-21(28)16-22/h4-14,16,25H,3,15,17-18H2,1-2H3,(H,31,35)/t25-/m0/s1. The molecule has 0 unspecified atom stereocenters. The molecule has 2 amide bonds. The van der Waals surface area contributed by atoms with Gasteiger partial charge in [0, 0.05) is 24.5 Å². The molecule has 0 radical (unpaired) electrons. The van der Waals surface area contributed by atoms with E-state index in [2.05, 4.69) is 5.32 Å². The van der Waals surface area contributed by atoms with Gasteiger partial charge < -0.3 is 10.2 Å². The third-order valence-electron chi connectivity index (χ3n) is 5.73. The smallest absolute Gasteiger partial charge is 0.244 e. The highest BCUT2D eigenvalue weighted by atomic mass is 35.5. The number of hydrogen-bond donors (Lipinski definition) is 1. The summed E-state index contributed by atoms with van der Waals surface area (Å²) in [6.07, 6.45) is 1.23. The van der Waals surface area contributed by atoms with Crippen molar-refractivity contribution in [1.82, 2.24) is 10.2 Å². The Morgan fingerprint density at radius 1 is 0.895 bits per heavy atom. The molecular weight excluding hydrogens is 569 g/mol. The predicted octanol–water partition coefficient (Wildman–Crippen LogP) is 5.19. The van der Waals surface area contributed by atoms with Crippen LogP contribution in [0.2, 0.25) is 15.1 Å². The van der Waals surface area contributed by atoms with E-state index in [9.17, 15) is 18.0 Å². The van der Waals surface area contributed by atoms with E-state index in [0.717, 1.165) is 16.1 Å². The lowest BCUT2D eigenvalue weighted by molar-refractivity contribution is -0.140. The predicted molar refractivity (Wildman–Crippen MR) is 153 cm³/mol. The van der Waals surface area contributed by atoms with Crippen molar-refractivity contribution in [2.24, 2.45) is 0 Å². The van der Waals surface area contributed by atoms with Crippen molar-refractivity contribution in [3.63, 3.8) is 0 Å². The largest absolute Gasteiger partial charge is 0.355 e. The Kier molecular flexibility index (Phi) is 10.4. The van der Waals surface area contributed by atoms with E-state index in [1.165, 1.54) is 11.0 Å². The number of nitrogens with zero attached hydrogens (tertiary/aromatic N) is 2. The molecule has 1 N–H and O–H groups in total. The summed E-state index contributed by atoms with van der Waals surface area (Å²) in [6, 6.07) is 19.5. The Balaban J connectivity index is 2.05. The molecule has 0 fully saturated rings. The fourth-order valence-corrected chi connectivity index (χ4v) is 5.27. The Bertz CT molecular complexity index is 1390. The van der Waals surface area contributed by atoms with E-state index >= 15 is 0 Å². The van der Waals surface area contributed by atoms with Gasteiger partial charge in [-0.25, -0.2) is 8.42 Å². The summed E-state index contributed by atoms with van der Waals surface area (Å²) in [5.74, 6) is -0.938. The molecule has 0 saturated heterocycles. The highest BCUT2D eigenvalue weighted by Gasteiger charge is 2.33. The second kappa shape index (κ2) is 13.3. The average Bonchev–Trinajstić information content (AvgIpc) is 2.86. The Morgan fingerprint density at radius 2 is 1.61 bits per heavy atom. The lowest BCUT2D eigenvalue weighted by Crippen LogP contribution is -2.53. The summed E-state index contributed by atoms with van der Waals surface area (Å²) in [5.41, 5.74) is 1.70. The summed E-state index contributed by atoms with van der Waals surface area (Å²) >= 11 is 18.4. The lowest BCUT2D eigenvalue weighted by Gasteiger charge is -2.33. The summed E-state index contributed by atoms with van der Waals surface area (Å²) in [5, 5.41) is 3.77. The first kappa shape index (κ1) is 29.8. The molecule has 38 heavy (non-hydrogen) atoms. The van der Waals surface area contributed by atoms with Crippen LogP contribution in [0, 0.1) is 0 Å². The molecule has 0 bridgehead atoms.